The molecular weight excluding hydrogens is 316 g/mol. The average Bonchev–Trinajstić information content (AvgIpc) is 2.58. The number of hydrogen-bond acceptors (Lipinski definition) is 3. The SMILES string of the molecule is Bc1ccc(C(=C)NC(CCOCc2ccccc2)C(=C)O)c(F)c1. The molecule has 0 fully saturated rings. The van der Waals surface area contributed by atoms with Gasteiger partial charge >= 0.3 is 0 Å². The van der Waals surface area contributed by atoms with E-state index in [0.717, 1.165) is 11.0 Å². The molecule has 0 aliphatic rings. The molecule has 0 aliphatic carbocycles. The van der Waals surface area contributed by atoms with Gasteiger partial charge in [-0.25, -0.2) is 4.39 Å². The van der Waals surface area contributed by atoms with Crippen molar-refractivity contribution in [1.82, 2.24) is 5.32 Å². The molecule has 0 aliphatic heterocycles. The predicted molar refractivity (Wildman–Crippen MR) is 103 cm³/mol. The van der Waals surface area contributed by atoms with Gasteiger partial charge in [-0.1, -0.05) is 61.1 Å². The van der Waals surface area contributed by atoms with Crippen LogP contribution in [-0.2, 0) is 11.3 Å². The van der Waals surface area contributed by atoms with Crippen LogP contribution in [0.2, 0.25) is 0 Å². The Morgan fingerprint density at radius 2 is 1.92 bits per heavy atom. The highest BCUT2D eigenvalue weighted by Crippen LogP contribution is 2.16. The highest BCUT2D eigenvalue weighted by Gasteiger charge is 2.15. The van der Waals surface area contributed by atoms with Crippen molar-refractivity contribution in [2.75, 3.05) is 6.61 Å². The third-order valence-electron chi connectivity index (χ3n) is 3.86. The summed E-state index contributed by atoms with van der Waals surface area (Å²) < 4.78 is 19.7. The highest BCUT2D eigenvalue weighted by molar-refractivity contribution is 6.32. The molecule has 2 N–H and O–H groups in total. The zero-order valence-corrected chi connectivity index (χ0v) is 14.5. The maximum atomic E-state index is 14.0. The summed E-state index contributed by atoms with van der Waals surface area (Å²) in [4.78, 5) is 0. The summed E-state index contributed by atoms with van der Waals surface area (Å²) in [5, 5.41) is 12.8. The number of aliphatic hydroxyl groups is 1. The van der Waals surface area contributed by atoms with Gasteiger partial charge in [0, 0.05) is 17.9 Å². The second-order valence-corrected chi connectivity index (χ2v) is 5.98. The van der Waals surface area contributed by atoms with Crippen molar-refractivity contribution in [3.63, 3.8) is 0 Å². The minimum absolute atomic E-state index is 0.0306. The highest BCUT2D eigenvalue weighted by atomic mass is 19.1. The van der Waals surface area contributed by atoms with E-state index in [0.29, 0.717) is 30.9 Å². The van der Waals surface area contributed by atoms with Crippen LogP contribution in [0.25, 0.3) is 5.70 Å². The molecule has 0 amide bonds. The van der Waals surface area contributed by atoms with Crippen LogP contribution in [0, 0.1) is 5.82 Å². The van der Waals surface area contributed by atoms with E-state index in [4.69, 9.17) is 4.74 Å². The first-order chi connectivity index (χ1) is 12.0. The normalized spacial score (nSPS) is 11.7. The van der Waals surface area contributed by atoms with E-state index >= 15 is 0 Å². The third kappa shape index (κ3) is 5.80. The van der Waals surface area contributed by atoms with E-state index in [1.54, 1.807) is 6.07 Å². The topological polar surface area (TPSA) is 41.5 Å². The smallest absolute Gasteiger partial charge is 0.139 e. The lowest BCUT2D eigenvalue weighted by atomic mass is 9.94. The Balaban J connectivity index is 1.87. The number of ether oxygens (including phenoxy) is 1. The molecule has 1 atom stereocenters. The van der Waals surface area contributed by atoms with Crippen molar-refractivity contribution in [2.45, 2.75) is 19.1 Å². The maximum Gasteiger partial charge on any atom is 0.139 e. The summed E-state index contributed by atoms with van der Waals surface area (Å²) in [7, 11) is 1.82. The Labute approximate surface area is 149 Å². The number of benzene rings is 2. The van der Waals surface area contributed by atoms with Gasteiger partial charge in [-0.05, 0) is 18.1 Å². The van der Waals surface area contributed by atoms with Gasteiger partial charge in [-0.2, -0.15) is 0 Å². The summed E-state index contributed by atoms with van der Waals surface area (Å²) in [6.45, 7) is 8.37. The van der Waals surface area contributed by atoms with Crippen molar-refractivity contribution in [3.05, 3.63) is 84.4 Å². The van der Waals surface area contributed by atoms with Gasteiger partial charge in [0.2, 0.25) is 0 Å². The predicted octanol–water partition coefficient (Wildman–Crippen LogP) is 2.69. The van der Waals surface area contributed by atoms with Crippen molar-refractivity contribution < 1.29 is 14.2 Å². The second-order valence-electron chi connectivity index (χ2n) is 5.98. The molecule has 0 bridgehead atoms. The molecule has 25 heavy (non-hydrogen) atoms. The summed E-state index contributed by atoms with van der Waals surface area (Å²) in [6, 6.07) is 14.3. The molecule has 0 aromatic heterocycles. The molecule has 0 saturated carbocycles. The minimum atomic E-state index is -0.455. The zero-order valence-electron chi connectivity index (χ0n) is 14.5. The molecular formula is C20H23BFNO2. The lowest BCUT2D eigenvalue weighted by Gasteiger charge is -2.21. The molecule has 130 valence electrons. The first-order valence-electron chi connectivity index (χ1n) is 8.18. The van der Waals surface area contributed by atoms with Gasteiger partial charge in [-0.15, -0.1) is 0 Å². The molecule has 0 radical (unpaired) electrons. The zero-order chi connectivity index (χ0) is 18.2. The largest absolute Gasteiger partial charge is 0.511 e. The van der Waals surface area contributed by atoms with E-state index in [2.05, 4.69) is 18.5 Å². The van der Waals surface area contributed by atoms with Gasteiger partial charge in [0.05, 0.1) is 12.6 Å². The Morgan fingerprint density at radius 3 is 2.56 bits per heavy atom. The summed E-state index contributed by atoms with van der Waals surface area (Å²) in [5.41, 5.74) is 2.70. The van der Waals surface area contributed by atoms with Gasteiger partial charge in [0.1, 0.15) is 19.4 Å². The fraction of sp³-hybridized carbons (Fsp3) is 0.200. The van der Waals surface area contributed by atoms with Crippen LogP contribution >= 0.6 is 0 Å². The van der Waals surface area contributed by atoms with Crippen molar-refractivity contribution in [2.24, 2.45) is 0 Å². The molecule has 1 unspecified atom stereocenters. The first-order valence-corrected chi connectivity index (χ1v) is 8.18. The molecule has 5 heteroatoms. The molecule has 2 rings (SSSR count). The Kier molecular flexibility index (Phi) is 6.84. The van der Waals surface area contributed by atoms with E-state index in [1.165, 1.54) is 6.07 Å². The quantitative estimate of drug-likeness (QED) is 0.419. The van der Waals surface area contributed by atoms with E-state index in [9.17, 15) is 9.50 Å². The molecule has 0 saturated heterocycles. The fourth-order valence-corrected chi connectivity index (χ4v) is 2.44. The molecule has 0 spiro atoms. The maximum absolute atomic E-state index is 14.0. The number of aliphatic hydroxyl groups excluding tert-OH is 1. The van der Waals surface area contributed by atoms with Crippen molar-refractivity contribution >= 4 is 19.0 Å². The van der Waals surface area contributed by atoms with Gasteiger partial charge in [-0.3, -0.25) is 0 Å². The van der Waals surface area contributed by atoms with Crippen LogP contribution < -0.4 is 10.8 Å². The van der Waals surface area contributed by atoms with Crippen LogP contribution in [0.3, 0.4) is 0 Å². The monoisotopic (exact) mass is 339 g/mol. The standard InChI is InChI=1S/C20H23BFNO2/c1-14(18-9-8-17(21)12-19(18)22)23-20(15(2)24)10-11-25-13-16-6-4-3-5-7-16/h3-9,12,20,23-24H,1-2,10-11,13,21H2. The van der Waals surface area contributed by atoms with Crippen LogP contribution in [0.4, 0.5) is 4.39 Å². The first kappa shape index (κ1) is 18.8. The third-order valence-corrected chi connectivity index (χ3v) is 3.86. The van der Waals surface area contributed by atoms with E-state index in [-0.39, 0.29) is 11.6 Å². The Hall–Kier alpha value is -2.53. The van der Waals surface area contributed by atoms with E-state index in [1.807, 2.05) is 44.2 Å². The Bertz CT molecular complexity index is 734. The van der Waals surface area contributed by atoms with Crippen LogP contribution in [0.1, 0.15) is 17.5 Å². The average molecular weight is 339 g/mol. The summed E-state index contributed by atoms with van der Waals surface area (Å²) in [5.74, 6) is -0.378. The number of hydrogen-bond donors (Lipinski definition) is 2. The summed E-state index contributed by atoms with van der Waals surface area (Å²) >= 11 is 0. The van der Waals surface area contributed by atoms with Gasteiger partial charge < -0.3 is 15.2 Å². The van der Waals surface area contributed by atoms with Crippen LogP contribution in [0.15, 0.2) is 67.4 Å². The van der Waals surface area contributed by atoms with Gasteiger partial charge in [0.15, 0.2) is 0 Å². The van der Waals surface area contributed by atoms with Crippen LogP contribution in [0.5, 0.6) is 0 Å². The fourth-order valence-electron chi connectivity index (χ4n) is 2.44. The molecule has 2 aromatic rings. The lowest BCUT2D eigenvalue weighted by Crippen LogP contribution is -2.30. The van der Waals surface area contributed by atoms with Crippen molar-refractivity contribution in [3.8, 4) is 0 Å². The second kappa shape index (κ2) is 9.09. The number of rotatable bonds is 9. The number of halogens is 1. The Morgan fingerprint density at radius 1 is 1.20 bits per heavy atom. The minimum Gasteiger partial charge on any atom is -0.511 e. The molecule has 3 nitrogen and oxygen atoms in total. The lowest BCUT2D eigenvalue weighted by molar-refractivity contribution is 0.111. The molecule has 0 heterocycles. The van der Waals surface area contributed by atoms with Crippen LogP contribution in [-0.4, -0.2) is 25.6 Å². The van der Waals surface area contributed by atoms with Crippen molar-refractivity contribution in [1.29, 1.82) is 0 Å². The van der Waals surface area contributed by atoms with E-state index < -0.39 is 6.04 Å². The molecule has 2 aromatic carbocycles. The number of nitrogens with one attached hydrogen (secondary N) is 1. The summed E-state index contributed by atoms with van der Waals surface area (Å²) in [6.07, 6.45) is 0.495. The van der Waals surface area contributed by atoms with Gasteiger partial charge in [0.25, 0.3) is 0 Å².